The minimum Gasteiger partial charge on any atom is -0.387 e. The summed E-state index contributed by atoms with van der Waals surface area (Å²) in [4.78, 5) is 32.2. The second kappa shape index (κ2) is 12.3. The number of sulfonamides is 1. The maximum atomic E-state index is 13.4. The Morgan fingerprint density at radius 2 is 1.59 bits per heavy atom. The van der Waals surface area contributed by atoms with Crippen LogP contribution in [0.15, 0.2) is 35.3 Å². The quantitative estimate of drug-likeness (QED) is 0.436. The molecule has 250 valence electrons. The largest absolute Gasteiger partial charge is 0.416 e. The van der Waals surface area contributed by atoms with Gasteiger partial charge >= 0.3 is 6.18 Å². The number of aryl methyl sites for hydroxylation is 3. The molecule has 14 heteroatoms. The molecule has 2 aromatic carbocycles. The summed E-state index contributed by atoms with van der Waals surface area (Å²) >= 11 is 0. The number of benzene rings is 2. The van der Waals surface area contributed by atoms with Crippen LogP contribution in [0.4, 0.5) is 17.6 Å². The highest BCUT2D eigenvalue weighted by molar-refractivity contribution is 7.89. The summed E-state index contributed by atoms with van der Waals surface area (Å²) < 4.78 is 80.7. The van der Waals surface area contributed by atoms with Crippen molar-refractivity contribution in [3.63, 3.8) is 0 Å². The van der Waals surface area contributed by atoms with Crippen molar-refractivity contribution in [2.75, 3.05) is 38.6 Å². The van der Waals surface area contributed by atoms with Crippen molar-refractivity contribution >= 4 is 27.7 Å². The van der Waals surface area contributed by atoms with Crippen molar-refractivity contribution in [3.8, 4) is 0 Å². The number of nitrogens with one attached hydrogen (secondary N) is 1. The lowest BCUT2D eigenvalue weighted by atomic mass is 9.89. The van der Waals surface area contributed by atoms with Crippen LogP contribution >= 0.6 is 0 Å². The lowest BCUT2D eigenvalue weighted by Gasteiger charge is -2.36. The first kappa shape index (κ1) is 34.0. The summed E-state index contributed by atoms with van der Waals surface area (Å²) in [7, 11) is -3.71. The molecular formula is C32H38F4N4O5S. The number of carbonyl (C=O) groups excluding carboxylic acids is 2. The van der Waals surface area contributed by atoms with Crippen molar-refractivity contribution < 1.29 is 40.7 Å². The van der Waals surface area contributed by atoms with Crippen molar-refractivity contribution in [1.29, 1.82) is 0 Å². The third kappa shape index (κ3) is 6.70. The number of hydrogen-bond donors (Lipinski definition) is 2. The van der Waals surface area contributed by atoms with E-state index in [0.717, 1.165) is 22.8 Å². The van der Waals surface area contributed by atoms with Gasteiger partial charge in [-0.2, -0.15) is 13.2 Å². The number of aliphatic imine (C=N–C) groups is 1. The fraction of sp³-hybridized carbons (Fsp3) is 0.531. The first-order valence-electron chi connectivity index (χ1n) is 15.2. The molecule has 5 rings (SSSR count). The number of alkyl halides is 4. The molecule has 2 fully saturated rings. The number of hydrogen-bond acceptors (Lipinski definition) is 6. The molecule has 0 aromatic heterocycles. The van der Waals surface area contributed by atoms with E-state index in [-0.39, 0.29) is 81.3 Å². The van der Waals surface area contributed by atoms with Crippen LogP contribution in [-0.4, -0.2) is 90.1 Å². The zero-order valence-electron chi connectivity index (χ0n) is 26.0. The van der Waals surface area contributed by atoms with Gasteiger partial charge in [-0.25, -0.2) is 17.1 Å². The summed E-state index contributed by atoms with van der Waals surface area (Å²) in [6, 6.07) is 7.00. The lowest BCUT2D eigenvalue weighted by molar-refractivity contribution is -0.138. The molecule has 0 bridgehead atoms. The van der Waals surface area contributed by atoms with Gasteiger partial charge in [0.1, 0.15) is 18.0 Å². The number of piperidine rings is 2. The van der Waals surface area contributed by atoms with Gasteiger partial charge in [0.25, 0.3) is 11.8 Å². The maximum Gasteiger partial charge on any atom is 0.416 e. The molecule has 2 aromatic rings. The van der Waals surface area contributed by atoms with Gasteiger partial charge in [0.15, 0.2) is 0 Å². The minimum absolute atomic E-state index is 0.00547. The molecular weight excluding hydrogens is 628 g/mol. The summed E-state index contributed by atoms with van der Waals surface area (Å²) in [6.07, 6.45) is -3.68. The molecule has 3 aliphatic heterocycles. The smallest absolute Gasteiger partial charge is 0.387 e. The lowest BCUT2D eigenvalue weighted by Crippen LogP contribution is -2.50. The van der Waals surface area contributed by atoms with Crippen molar-refractivity contribution in [3.05, 3.63) is 69.3 Å². The molecule has 2 amide bonds. The molecule has 0 atom stereocenters. The Hall–Kier alpha value is -3.36. The molecule has 46 heavy (non-hydrogen) atoms. The fourth-order valence-corrected chi connectivity index (χ4v) is 8.03. The van der Waals surface area contributed by atoms with Crippen LogP contribution in [-0.2, 0) is 27.4 Å². The molecule has 2 N–H and O–H groups in total. The number of carbonyl (C=O) groups is 2. The van der Waals surface area contributed by atoms with E-state index in [9.17, 15) is 40.7 Å². The SMILES string of the molecule is Cc1cc(C2=NC3(CCN(S(=O)(=O)CCc4c(C)cc(C(=O)N5CCC(O)(CF)CC5)cc4C)CC3)C(=O)N2)ccc1C(F)(F)F. The van der Waals surface area contributed by atoms with E-state index in [1.54, 1.807) is 17.0 Å². The Morgan fingerprint density at radius 1 is 0.978 bits per heavy atom. The zero-order valence-corrected chi connectivity index (χ0v) is 26.8. The highest BCUT2D eigenvalue weighted by Crippen LogP contribution is 2.35. The highest BCUT2D eigenvalue weighted by atomic mass is 32.2. The Balaban J connectivity index is 1.21. The number of likely N-dealkylation sites (tertiary alicyclic amines) is 1. The monoisotopic (exact) mass is 666 g/mol. The third-order valence-corrected chi connectivity index (χ3v) is 11.4. The number of amidine groups is 1. The van der Waals surface area contributed by atoms with Crippen LogP contribution in [0.5, 0.6) is 0 Å². The fourth-order valence-electron chi connectivity index (χ4n) is 6.57. The van der Waals surface area contributed by atoms with Gasteiger partial charge in [0, 0.05) is 37.3 Å². The number of rotatable bonds is 7. The number of nitrogens with zero attached hydrogens (tertiary/aromatic N) is 3. The van der Waals surface area contributed by atoms with Crippen LogP contribution in [0.2, 0.25) is 0 Å². The standard InChI is InChI=1S/C32H38F4N4O5S/c1-20-16-24(28(41)39-11-7-30(43,19-33)8-12-39)17-21(2)25(20)6-15-46(44,45)40-13-9-31(10-14-40)29(42)37-27(38-31)23-4-5-26(22(3)18-23)32(34,35)36/h4-5,16-18,43H,6-15,19H2,1-3H3,(H,37,38,42). The molecule has 3 heterocycles. The Labute approximate surface area is 265 Å². The van der Waals surface area contributed by atoms with Crippen molar-refractivity contribution in [1.82, 2.24) is 14.5 Å². The van der Waals surface area contributed by atoms with Crippen LogP contribution in [0.1, 0.15) is 69.4 Å². The second-order valence-electron chi connectivity index (χ2n) is 12.7. The normalized spacial score (nSPS) is 20.1. The summed E-state index contributed by atoms with van der Waals surface area (Å²) in [6.45, 7) is 4.76. The Bertz CT molecular complexity index is 1650. The Morgan fingerprint density at radius 3 is 2.13 bits per heavy atom. The third-order valence-electron chi connectivity index (χ3n) is 9.51. The highest BCUT2D eigenvalue weighted by Gasteiger charge is 2.47. The molecule has 9 nitrogen and oxygen atoms in total. The summed E-state index contributed by atoms with van der Waals surface area (Å²) in [5, 5.41) is 12.8. The van der Waals surface area contributed by atoms with Crippen LogP contribution < -0.4 is 5.32 Å². The predicted molar refractivity (Wildman–Crippen MR) is 164 cm³/mol. The average Bonchev–Trinajstić information content (AvgIpc) is 3.31. The molecule has 1 spiro atoms. The van der Waals surface area contributed by atoms with Crippen molar-refractivity contribution in [2.24, 2.45) is 4.99 Å². The first-order valence-corrected chi connectivity index (χ1v) is 16.8. The van der Waals surface area contributed by atoms with Gasteiger partial charge in [-0.15, -0.1) is 0 Å². The van der Waals surface area contributed by atoms with Gasteiger partial charge in [-0.3, -0.25) is 14.6 Å². The molecule has 2 saturated heterocycles. The topological polar surface area (TPSA) is 119 Å². The van der Waals surface area contributed by atoms with E-state index in [1.165, 1.54) is 23.4 Å². The maximum absolute atomic E-state index is 13.4. The Kier molecular flexibility index (Phi) is 9.12. The average molecular weight is 667 g/mol. The van der Waals surface area contributed by atoms with Crippen molar-refractivity contribution in [2.45, 2.75) is 70.2 Å². The molecule has 0 unspecified atom stereocenters. The predicted octanol–water partition coefficient (Wildman–Crippen LogP) is 3.85. The number of halogens is 4. The van der Waals surface area contributed by atoms with Gasteiger partial charge in [0.05, 0.1) is 16.9 Å². The minimum atomic E-state index is -4.50. The first-order chi connectivity index (χ1) is 21.5. The van der Waals surface area contributed by atoms with Gasteiger partial charge in [-0.1, -0.05) is 6.07 Å². The van der Waals surface area contributed by atoms with E-state index in [0.29, 0.717) is 11.1 Å². The van der Waals surface area contributed by atoms with Gasteiger partial charge < -0.3 is 15.3 Å². The van der Waals surface area contributed by atoms with Gasteiger partial charge in [0.2, 0.25) is 10.0 Å². The van der Waals surface area contributed by atoms with Crippen LogP contribution in [0, 0.1) is 20.8 Å². The summed E-state index contributed by atoms with van der Waals surface area (Å²) in [5.74, 6) is -0.619. The molecule has 0 saturated carbocycles. The van der Waals surface area contributed by atoms with E-state index in [4.69, 9.17) is 0 Å². The number of aliphatic hydroxyl groups is 1. The van der Waals surface area contributed by atoms with E-state index in [1.807, 2.05) is 13.8 Å². The van der Waals surface area contributed by atoms with E-state index >= 15 is 0 Å². The molecule has 3 aliphatic rings. The second-order valence-corrected chi connectivity index (χ2v) is 14.8. The zero-order chi connectivity index (χ0) is 33.7. The van der Waals surface area contributed by atoms with E-state index < -0.39 is 45.5 Å². The van der Waals surface area contributed by atoms with Crippen LogP contribution in [0.25, 0.3) is 0 Å². The molecule has 0 aliphatic carbocycles. The molecule has 0 radical (unpaired) electrons. The van der Waals surface area contributed by atoms with Gasteiger partial charge in [-0.05, 0) is 99.4 Å². The van der Waals surface area contributed by atoms with E-state index in [2.05, 4.69) is 10.3 Å². The van der Waals surface area contributed by atoms with Crippen LogP contribution in [0.3, 0.4) is 0 Å². The summed E-state index contributed by atoms with van der Waals surface area (Å²) in [5.41, 5.74) is -0.168. The number of amides is 2.